The second-order valence-corrected chi connectivity index (χ2v) is 10.6. The van der Waals surface area contributed by atoms with Gasteiger partial charge in [0, 0.05) is 36.2 Å². The molecule has 0 amide bonds. The van der Waals surface area contributed by atoms with Gasteiger partial charge in [0.15, 0.2) is 17.3 Å². The lowest BCUT2D eigenvalue weighted by molar-refractivity contribution is -0.140. The predicted molar refractivity (Wildman–Crippen MR) is 163 cm³/mol. The van der Waals surface area contributed by atoms with E-state index in [1.807, 2.05) is 54.6 Å². The molecule has 0 bridgehead atoms. The number of esters is 2. The van der Waals surface area contributed by atoms with E-state index in [2.05, 4.69) is 5.32 Å². The molecule has 0 fully saturated rings. The van der Waals surface area contributed by atoms with Gasteiger partial charge in [0.2, 0.25) is 0 Å². The fourth-order valence-corrected chi connectivity index (χ4v) is 5.75. The van der Waals surface area contributed by atoms with Gasteiger partial charge in [-0.15, -0.1) is 0 Å². The number of allylic oxidation sites excluding steroid dienone is 3. The van der Waals surface area contributed by atoms with Gasteiger partial charge in [-0.05, 0) is 66.8 Å². The van der Waals surface area contributed by atoms with E-state index >= 15 is 0 Å². The van der Waals surface area contributed by atoms with Crippen molar-refractivity contribution in [1.29, 1.82) is 0 Å². The first kappa shape index (κ1) is 30.4. The third kappa shape index (κ3) is 6.62. The molecule has 0 aromatic heterocycles. The fraction of sp³-hybridized carbons (Fsp3) is 0.286. The second kappa shape index (κ2) is 13.5. The van der Waals surface area contributed by atoms with Crippen LogP contribution in [0.25, 0.3) is 0 Å². The minimum atomic E-state index is -0.724. The molecule has 1 heterocycles. The summed E-state index contributed by atoms with van der Waals surface area (Å²) in [5.41, 5.74) is 3.85. The van der Waals surface area contributed by atoms with E-state index in [4.69, 9.17) is 23.7 Å². The summed E-state index contributed by atoms with van der Waals surface area (Å²) in [6.45, 7) is 3.30. The van der Waals surface area contributed by atoms with Gasteiger partial charge in [0.25, 0.3) is 0 Å². The van der Waals surface area contributed by atoms with Crippen molar-refractivity contribution in [3.05, 3.63) is 106 Å². The van der Waals surface area contributed by atoms with Crippen molar-refractivity contribution in [1.82, 2.24) is 5.32 Å². The van der Waals surface area contributed by atoms with Crippen LogP contribution in [-0.2, 0) is 19.1 Å². The molecule has 0 unspecified atom stereocenters. The lowest BCUT2D eigenvalue weighted by Gasteiger charge is -2.37. The third-order valence-electron chi connectivity index (χ3n) is 7.74. The van der Waals surface area contributed by atoms with Crippen molar-refractivity contribution < 1.29 is 38.1 Å². The standard InChI is InChI=1S/C35H35NO8/c1-21-32(35(39)43-17-16-42-27-8-6-5-7-9-27)33(24-12-15-30(44-22(2)37)31(20-24)41-4)34-28(36-21)18-25(19-29(34)38)23-10-13-26(40-3)14-11-23/h5-15,20,25,33,36H,16-19H2,1-4H3/t25-,33-/m0/s1. The van der Waals surface area contributed by atoms with Crippen LogP contribution in [0, 0.1) is 0 Å². The maximum Gasteiger partial charge on any atom is 0.336 e. The number of ether oxygens (including phenoxy) is 5. The summed E-state index contributed by atoms with van der Waals surface area (Å²) in [5.74, 6) is 0.0699. The molecule has 9 heteroatoms. The van der Waals surface area contributed by atoms with Crippen molar-refractivity contribution in [3.63, 3.8) is 0 Å². The second-order valence-electron chi connectivity index (χ2n) is 10.6. The maximum atomic E-state index is 14.0. The first-order chi connectivity index (χ1) is 21.3. The molecule has 3 aromatic rings. The molecule has 0 saturated heterocycles. The Balaban J connectivity index is 1.47. The normalized spacial score (nSPS) is 17.8. The molecule has 1 aliphatic carbocycles. The predicted octanol–water partition coefficient (Wildman–Crippen LogP) is 5.61. The van der Waals surface area contributed by atoms with Crippen LogP contribution >= 0.6 is 0 Å². The zero-order valence-electron chi connectivity index (χ0n) is 25.2. The van der Waals surface area contributed by atoms with Crippen LogP contribution < -0.4 is 24.3 Å². The van der Waals surface area contributed by atoms with Crippen LogP contribution in [0.1, 0.15) is 49.7 Å². The smallest absolute Gasteiger partial charge is 0.336 e. The number of methoxy groups -OCH3 is 2. The summed E-state index contributed by atoms with van der Waals surface area (Å²) in [7, 11) is 3.08. The Morgan fingerprint density at radius 2 is 1.57 bits per heavy atom. The SMILES string of the molecule is COc1ccc([C@@H]2CC(=O)C3=C(C2)NC(C)=C(C(=O)OCCOc2ccccc2)[C@@H]3c2ccc(OC(C)=O)c(OC)c2)cc1. The zero-order chi connectivity index (χ0) is 31.2. The number of ketones is 1. The van der Waals surface area contributed by atoms with E-state index in [0.29, 0.717) is 40.3 Å². The van der Waals surface area contributed by atoms with E-state index in [1.165, 1.54) is 14.0 Å². The highest BCUT2D eigenvalue weighted by atomic mass is 16.6. The first-order valence-electron chi connectivity index (χ1n) is 14.4. The largest absolute Gasteiger partial charge is 0.497 e. The fourth-order valence-electron chi connectivity index (χ4n) is 5.75. The molecule has 5 rings (SSSR count). The minimum absolute atomic E-state index is 0.0192. The Kier molecular flexibility index (Phi) is 9.33. The molecule has 9 nitrogen and oxygen atoms in total. The van der Waals surface area contributed by atoms with Gasteiger partial charge < -0.3 is 29.0 Å². The summed E-state index contributed by atoms with van der Waals surface area (Å²) < 4.78 is 27.5. The highest BCUT2D eigenvalue weighted by Crippen LogP contribution is 2.47. The Bertz CT molecular complexity index is 1610. The zero-order valence-corrected chi connectivity index (χ0v) is 25.2. The van der Waals surface area contributed by atoms with E-state index in [9.17, 15) is 14.4 Å². The summed E-state index contributed by atoms with van der Waals surface area (Å²) in [5, 5.41) is 3.37. The topological polar surface area (TPSA) is 109 Å². The van der Waals surface area contributed by atoms with Crippen molar-refractivity contribution in [2.75, 3.05) is 27.4 Å². The number of hydrogen-bond donors (Lipinski definition) is 1. The number of carbonyl (C=O) groups is 3. The van der Waals surface area contributed by atoms with Crippen LogP contribution in [0.4, 0.5) is 0 Å². The summed E-state index contributed by atoms with van der Waals surface area (Å²) in [6, 6.07) is 22.0. The van der Waals surface area contributed by atoms with Crippen molar-refractivity contribution in [2.45, 2.75) is 38.5 Å². The Morgan fingerprint density at radius 3 is 2.25 bits per heavy atom. The monoisotopic (exact) mass is 597 g/mol. The van der Waals surface area contributed by atoms with E-state index < -0.39 is 17.9 Å². The Labute approximate surface area is 256 Å². The van der Waals surface area contributed by atoms with Crippen molar-refractivity contribution in [2.24, 2.45) is 0 Å². The molecule has 0 saturated carbocycles. The number of benzene rings is 3. The van der Waals surface area contributed by atoms with Crippen molar-refractivity contribution in [3.8, 4) is 23.0 Å². The number of para-hydroxylation sites is 1. The summed E-state index contributed by atoms with van der Waals surface area (Å²) >= 11 is 0. The Morgan fingerprint density at radius 1 is 0.841 bits per heavy atom. The number of hydrogen-bond acceptors (Lipinski definition) is 9. The van der Waals surface area contributed by atoms with Crippen LogP contribution in [0.2, 0.25) is 0 Å². The molecular formula is C35H35NO8. The highest BCUT2D eigenvalue weighted by Gasteiger charge is 2.41. The van der Waals surface area contributed by atoms with Gasteiger partial charge in [-0.1, -0.05) is 36.4 Å². The first-order valence-corrected chi connectivity index (χ1v) is 14.4. The lowest BCUT2D eigenvalue weighted by Crippen LogP contribution is -2.36. The van der Waals surface area contributed by atoms with Crippen molar-refractivity contribution >= 4 is 17.7 Å². The molecule has 1 N–H and O–H groups in total. The number of dihydropyridines is 1. The van der Waals surface area contributed by atoms with Gasteiger partial charge in [0.1, 0.15) is 24.7 Å². The molecule has 2 aliphatic rings. The van der Waals surface area contributed by atoms with Gasteiger partial charge in [-0.3, -0.25) is 9.59 Å². The molecule has 3 aromatic carbocycles. The van der Waals surface area contributed by atoms with Gasteiger partial charge in [0.05, 0.1) is 19.8 Å². The quantitative estimate of drug-likeness (QED) is 0.181. The van der Waals surface area contributed by atoms with Crippen LogP contribution in [0.15, 0.2) is 95.3 Å². The molecule has 44 heavy (non-hydrogen) atoms. The molecule has 1 aliphatic heterocycles. The number of rotatable bonds is 10. The maximum absolute atomic E-state index is 14.0. The van der Waals surface area contributed by atoms with E-state index in [-0.39, 0.29) is 37.1 Å². The third-order valence-corrected chi connectivity index (χ3v) is 7.74. The average molecular weight is 598 g/mol. The van der Waals surface area contributed by atoms with Crippen LogP contribution in [-0.4, -0.2) is 45.2 Å². The van der Waals surface area contributed by atoms with Gasteiger partial charge >= 0.3 is 11.9 Å². The number of Topliss-reactive ketones (excluding diaryl/α,β-unsaturated/α-hetero) is 1. The average Bonchev–Trinajstić information content (AvgIpc) is 3.02. The van der Waals surface area contributed by atoms with Crippen LogP contribution in [0.5, 0.6) is 23.0 Å². The number of carbonyl (C=O) groups excluding carboxylic acids is 3. The van der Waals surface area contributed by atoms with Gasteiger partial charge in [-0.2, -0.15) is 0 Å². The van der Waals surface area contributed by atoms with Gasteiger partial charge in [-0.25, -0.2) is 4.79 Å². The summed E-state index contributed by atoms with van der Waals surface area (Å²) in [4.78, 5) is 39.3. The minimum Gasteiger partial charge on any atom is -0.497 e. The van der Waals surface area contributed by atoms with Crippen LogP contribution in [0.3, 0.4) is 0 Å². The molecule has 228 valence electrons. The van der Waals surface area contributed by atoms with E-state index in [1.54, 1.807) is 32.2 Å². The number of nitrogens with one attached hydrogen (secondary N) is 1. The highest BCUT2D eigenvalue weighted by molar-refractivity contribution is 6.04. The molecule has 2 atom stereocenters. The molecular weight excluding hydrogens is 562 g/mol. The Hall–Kier alpha value is -5.05. The summed E-state index contributed by atoms with van der Waals surface area (Å²) in [6.07, 6.45) is 0.857. The lowest BCUT2D eigenvalue weighted by atomic mass is 9.71. The van der Waals surface area contributed by atoms with E-state index in [0.717, 1.165) is 17.0 Å². The molecule has 0 radical (unpaired) electrons. The molecule has 0 spiro atoms.